The Morgan fingerprint density at radius 3 is 2.46 bits per heavy atom. The number of aromatic nitrogens is 2. The Hall–Kier alpha value is -2.93. The van der Waals surface area contributed by atoms with Gasteiger partial charge in [-0.15, -0.1) is 0 Å². The first kappa shape index (κ1) is 21.1. The molecule has 0 aliphatic rings. The molecule has 26 heavy (non-hydrogen) atoms. The van der Waals surface area contributed by atoms with Gasteiger partial charge in [-0.05, 0) is 23.4 Å². The first-order valence-electron chi connectivity index (χ1n) is 6.36. The van der Waals surface area contributed by atoms with Crippen molar-refractivity contribution < 1.29 is 37.3 Å². The van der Waals surface area contributed by atoms with Crippen molar-refractivity contribution in [1.29, 1.82) is 0 Å². The number of nitrogens with one attached hydrogen (secondary N) is 1. The second-order valence-corrected chi connectivity index (χ2v) is 4.68. The molecule has 0 aliphatic carbocycles. The number of hydrogen-bond acceptors (Lipinski definition) is 7. The second-order valence-electron chi connectivity index (χ2n) is 4.27. The van der Waals surface area contributed by atoms with Gasteiger partial charge >= 0.3 is 12.1 Å². The lowest BCUT2D eigenvalue weighted by atomic mass is 10.2. The third-order valence-electron chi connectivity index (χ3n) is 2.50. The maximum Gasteiger partial charge on any atom is 0.490 e. The van der Waals surface area contributed by atoms with E-state index in [-0.39, 0.29) is 23.1 Å². The molecule has 0 saturated heterocycles. The third kappa shape index (κ3) is 5.86. The number of amidine groups is 1. The molecule has 0 aliphatic heterocycles. The molecule has 1 aromatic heterocycles. The van der Waals surface area contributed by atoms with Gasteiger partial charge in [-0.25, -0.2) is 13.8 Å². The van der Waals surface area contributed by atoms with Crippen LogP contribution in [0.3, 0.4) is 0 Å². The van der Waals surface area contributed by atoms with Crippen LogP contribution in [-0.2, 0) is 11.3 Å². The van der Waals surface area contributed by atoms with E-state index in [1.54, 1.807) is 0 Å². The molecule has 0 saturated carbocycles. The molecule has 0 radical (unpaired) electrons. The molecule has 14 heteroatoms. The SMILES string of the molecule is NCc1nonc1/C(=N\O)Nc1ccc(F)c(Cl)c1.O=C(O)C(F)(F)F. The van der Waals surface area contributed by atoms with Gasteiger partial charge in [-0.2, -0.15) is 13.2 Å². The van der Waals surface area contributed by atoms with Crippen molar-refractivity contribution in [2.24, 2.45) is 10.9 Å². The number of benzene rings is 1. The van der Waals surface area contributed by atoms with Crippen LogP contribution < -0.4 is 11.1 Å². The Morgan fingerprint density at radius 1 is 1.38 bits per heavy atom. The van der Waals surface area contributed by atoms with Gasteiger partial charge in [0.1, 0.15) is 11.5 Å². The van der Waals surface area contributed by atoms with E-state index in [4.69, 9.17) is 32.4 Å². The standard InChI is InChI=1S/C10H9ClFN5O2.C2HF3O2/c11-6-3-5(1-2-7(6)12)14-10(15-18)9-8(4-13)16-19-17-9;3-2(4,5)1(6)7/h1-3,18H,4,13H2,(H,14,15);(H,6,7). The van der Waals surface area contributed by atoms with Crippen LogP contribution in [-0.4, -0.2) is 38.6 Å². The molecule has 9 nitrogen and oxygen atoms in total. The number of anilines is 1. The summed E-state index contributed by atoms with van der Waals surface area (Å²) in [5, 5.41) is 28.9. The minimum absolute atomic E-state index is 0.0376. The first-order valence-corrected chi connectivity index (χ1v) is 6.74. The van der Waals surface area contributed by atoms with E-state index in [1.165, 1.54) is 18.2 Å². The molecule has 0 amide bonds. The summed E-state index contributed by atoms with van der Waals surface area (Å²) >= 11 is 5.64. The van der Waals surface area contributed by atoms with Crippen LogP contribution >= 0.6 is 11.6 Å². The Labute approximate surface area is 147 Å². The number of nitrogens with two attached hydrogens (primary N) is 1. The normalized spacial score (nSPS) is 11.5. The second kappa shape index (κ2) is 8.96. The van der Waals surface area contributed by atoms with Crippen LogP contribution in [0, 0.1) is 5.82 Å². The van der Waals surface area contributed by atoms with E-state index in [2.05, 4.69) is 25.4 Å². The number of alkyl halides is 3. The maximum absolute atomic E-state index is 13.0. The fraction of sp³-hybridized carbons (Fsp3) is 0.167. The zero-order chi connectivity index (χ0) is 19.9. The summed E-state index contributed by atoms with van der Waals surface area (Å²) in [6.07, 6.45) is -5.08. The number of halogens is 5. The Morgan fingerprint density at radius 2 is 2.00 bits per heavy atom. The molecule has 2 rings (SSSR count). The van der Waals surface area contributed by atoms with Crippen LogP contribution in [0.15, 0.2) is 28.0 Å². The molecule has 1 aromatic carbocycles. The minimum Gasteiger partial charge on any atom is -0.475 e. The number of aliphatic carboxylic acids is 1. The lowest BCUT2D eigenvalue weighted by Gasteiger charge is -2.06. The Kier molecular flexibility index (Phi) is 7.28. The molecule has 2 aromatic rings. The molecule has 0 unspecified atom stereocenters. The topological polar surface area (TPSA) is 147 Å². The fourth-order valence-corrected chi connectivity index (χ4v) is 1.54. The average Bonchev–Trinajstić information content (AvgIpc) is 3.04. The van der Waals surface area contributed by atoms with Crippen LogP contribution in [0.2, 0.25) is 5.02 Å². The number of rotatable bonds is 3. The van der Waals surface area contributed by atoms with Gasteiger partial charge in [-0.1, -0.05) is 21.9 Å². The number of carboxylic acid groups (broad SMARTS) is 1. The lowest BCUT2D eigenvalue weighted by molar-refractivity contribution is -0.192. The number of carbonyl (C=O) groups is 1. The molecule has 1 heterocycles. The molecular formula is C12H10ClF4N5O4. The minimum atomic E-state index is -5.08. The summed E-state index contributed by atoms with van der Waals surface area (Å²) in [4.78, 5) is 8.90. The monoisotopic (exact) mass is 399 g/mol. The molecule has 0 atom stereocenters. The first-order chi connectivity index (χ1) is 12.1. The number of nitrogens with zero attached hydrogens (tertiary/aromatic N) is 3. The predicted molar refractivity (Wildman–Crippen MR) is 79.2 cm³/mol. The van der Waals surface area contributed by atoms with E-state index >= 15 is 0 Å². The highest BCUT2D eigenvalue weighted by atomic mass is 35.5. The Balaban J connectivity index is 0.000000412. The van der Waals surface area contributed by atoms with E-state index in [9.17, 15) is 17.6 Å². The fourth-order valence-electron chi connectivity index (χ4n) is 1.36. The molecule has 0 bridgehead atoms. The highest BCUT2D eigenvalue weighted by Crippen LogP contribution is 2.20. The van der Waals surface area contributed by atoms with Gasteiger partial charge in [0.2, 0.25) is 5.84 Å². The van der Waals surface area contributed by atoms with Crippen molar-refractivity contribution in [1.82, 2.24) is 10.3 Å². The summed E-state index contributed by atoms with van der Waals surface area (Å²) in [6, 6.07) is 3.92. The van der Waals surface area contributed by atoms with Crippen LogP contribution in [0.5, 0.6) is 0 Å². The summed E-state index contributed by atoms with van der Waals surface area (Å²) < 4.78 is 49.3. The molecule has 0 fully saturated rings. The van der Waals surface area contributed by atoms with Crippen molar-refractivity contribution >= 4 is 29.1 Å². The van der Waals surface area contributed by atoms with Gasteiger partial charge in [0.25, 0.3) is 0 Å². The van der Waals surface area contributed by atoms with Gasteiger partial charge in [0.15, 0.2) is 5.69 Å². The highest BCUT2D eigenvalue weighted by molar-refractivity contribution is 6.31. The Bertz CT molecular complexity index is 796. The summed E-state index contributed by atoms with van der Waals surface area (Å²) in [5.74, 6) is -3.35. The smallest absolute Gasteiger partial charge is 0.475 e. The molecule has 0 spiro atoms. The van der Waals surface area contributed by atoms with Crippen molar-refractivity contribution in [3.63, 3.8) is 0 Å². The van der Waals surface area contributed by atoms with Gasteiger partial charge in [0, 0.05) is 12.2 Å². The van der Waals surface area contributed by atoms with Crippen LogP contribution in [0.25, 0.3) is 0 Å². The van der Waals surface area contributed by atoms with Gasteiger partial charge in [-0.3, -0.25) is 0 Å². The number of oxime groups is 1. The quantitative estimate of drug-likeness (QED) is 0.202. The van der Waals surface area contributed by atoms with Crippen molar-refractivity contribution in [2.75, 3.05) is 5.32 Å². The lowest BCUT2D eigenvalue weighted by Crippen LogP contribution is -2.21. The number of carboxylic acids is 1. The zero-order valence-electron chi connectivity index (χ0n) is 12.5. The van der Waals surface area contributed by atoms with Crippen LogP contribution in [0.4, 0.5) is 23.2 Å². The van der Waals surface area contributed by atoms with Crippen LogP contribution in [0.1, 0.15) is 11.4 Å². The predicted octanol–water partition coefficient (Wildman–Crippen LogP) is 2.20. The molecular weight excluding hydrogens is 390 g/mol. The van der Waals surface area contributed by atoms with E-state index in [1.807, 2.05) is 0 Å². The average molecular weight is 400 g/mol. The highest BCUT2D eigenvalue weighted by Gasteiger charge is 2.38. The largest absolute Gasteiger partial charge is 0.490 e. The zero-order valence-corrected chi connectivity index (χ0v) is 13.2. The summed E-state index contributed by atoms with van der Waals surface area (Å²) in [5.41, 5.74) is 6.31. The van der Waals surface area contributed by atoms with Gasteiger partial charge in [0.05, 0.1) is 5.02 Å². The number of hydrogen-bond donors (Lipinski definition) is 4. The third-order valence-corrected chi connectivity index (χ3v) is 2.79. The van der Waals surface area contributed by atoms with E-state index in [0.29, 0.717) is 11.4 Å². The van der Waals surface area contributed by atoms with Crippen molar-refractivity contribution in [3.8, 4) is 0 Å². The van der Waals surface area contributed by atoms with Crippen molar-refractivity contribution in [2.45, 2.75) is 12.7 Å². The summed E-state index contributed by atoms with van der Waals surface area (Å²) in [7, 11) is 0. The summed E-state index contributed by atoms with van der Waals surface area (Å²) in [6.45, 7) is 0.0592. The van der Waals surface area contributed by atoms with E-state index in [0.717, 1.165) is 0 Å². The van der Waals surface area contributed by atoms with Crippen molar-refractivity contribution in [3.05, 3.63) is 40.4 Å². The van der Waals surface area contributed by atoms with Gasteiger partial charge < -0.3 is 21.4 Å². The maximum atomic E-state index is 13.0. The molecule has 142 valence electrons. The van der Waals surface area contributed by atoms with E-state index < -0.39 is 18.0 Å². The molecule has 5 N–H and O–H groups in total.